The summed E-state index contributed by atoms with van der Waals surface area (Å²) in [5.74, 6) is 0.583. The predicted molar refractivity (Wildman–Crippen MR) is 113 cm³/mol. The van der Waals surface area contributed by atoms with E-state index in [0.717, 1.165) is 22.3 Å². The van der Waals surface area contributed by atoms with Crippen LogP contribution in [0.2, 0.25) is 0 Å². The lowest BCUT2D eigenvalue weighted by Gasteiger charge is -2.21. The Labute approximate surface area is 164 Å². The van der Waals surface area contributed by atoms with Gasteiger partial charge in [0.15, 0.2) is 0 Å². The molecule has 0 aliphatic rings. The number of benzene rings is 3. The fourth-order valence-corrected chi connectivity index (χ4v) is 3.24. The van der Waals surface area contributed by atoms with Crippen LogP contribution in [0, 0.1) is 11.3 Å². The van der Waals surface area contributed by atoms with Crippen molar-refractivity contribution in [2.24, 2.45) is 0 Å². The van der Waals surface area contributed by atoms with E-state index < -0.39 is 0 Å². The molecule has 4 aromatic rings. The molecule has 0 atom stereocenters. The minimum absolute atomic E-state index is 0.0930. The summed E-state index contributed by atoms with van der Waals surface area (Å²) in [7, 11) is 0. The van der Waals surface area contributed by atoms with Gasteiger partial charge in [-0.15, -0.1) is 0 Å². The summed E-state index contributed by atoms with van der Waals surface area (Å²) >= 11 is 0. The monoisotopic (exact) mass is 361 g/mol. The Kier molecular flexibility index (Phi) is 5.13. The van der Waals surface area contributed by atoms with Crippen molar-refractivity contribution in [2.75, 3.05) is 5.32 Å². The number of nitrogens with one attached hydrogen (secondary N) is 1. The molecular weight excluding hydrogens is 342 g/mol. The lowest BCUT2D eigenvalue weighted by atomic mass is 9.98. The molecule has 0 radical (unpaired) electrons. The molecular formula is C25H19N3. The van der Waals surface area contributed by atoms with E-state index in [-0.39, 0.29) is 6.04 Å². The van der Waals surface area contributed by atoms with Crippen LogP contribution in [0.25, 0.3) is 11.1 Å². The summed E-state index contributed by atoms with van der Waals surface area (Å²) in [6.07, 6.45) is 1.81. The van der Waals surface area contributed by atoms with E-state index >= 15 is 0 Å². The van der Waals surface area contributed by atoms with Crippen molar-refractivity contribution in [3.8, 4) is 17.2 Å². The number of nitriles is 1. The molecule has 0 amide bonds. The maximum atomic E-state index is 9.71. The van der Waals surface area contributed by atoms with Crippen LogP contribution in [0.3, 0.4) is 0 Å². The van der Waals surface area contributed by atoms with E-state index in [4.69, 9.17) is 0 Å². The Bertz CT molecular complexity index is 1050. The second-order valence-corrected chi connectivity index (χ2v) is 6.50. The third kappa shape index (κ3) is 3.77. The van der Waals surface area contributed by atoms with E-state index in [1.54, 1.807) is 0 Å². The number of pyridine rings is 1. The first-order valence-electron chi connectivity index (χ1n) is 9.17. The van der Waals surface area contributed by atoms with Crippen molar-refractivity contribution in [3.05, 3.63) is 120 Å². The quantitative estimate of drug-likeness (QED) is 0.487. The van der Waals surface area contributed by atoms with Crippen LogP contribution >= 0.6 is 0 Å². The molecule has 0 aliphatic carbocycles. The topological polar surface area (TPSA) is 48.7 Å². The normalized spacial score (nSPS) is 10.4. The van der Waals surface area contributed by atoms with Gasteiger partial charge in [-0.2, -0.15) is 5.26 Å². The van der Waals surface area contributed by atoms with Gasteiger partial charge in [0.05, 0.1) is 11.6 Å². The molecule has 1 heterocycles. The number of aromatic nitrogens is 1. The third-order valence-electron chi connectivity index (χ3n) is 4.66. The Morgan fingerprint density at radius 1 is 0.714 bits per heavy atom. The molecule has 0 fully saturated rings. The van der Waals surface area contributed by atoms with Gasteiger partial charge in [-0.3, -0.25) is 0 Å². The van der Waals surface area contributed by atoms with E-state index in [2.05, 4.69) is 40.6 Å². The van der Waals surface area contributed by atoms with Crippen molar-refractivity contribution < 1.29 is 0 Å². The summed E-state index contributed by atoms with van der Waals surface area (Å²) in [5.41, 5.74) is 4.73. The smallest absolute Gasteiger partial charge is 0.144 e. The Hall–Kier alpha value is -3.90. The summed E-state index contributed by atoms with van der Waals surface area (Å²) in [6.45, 7) is 0. The van der Waals surface area contributed by atoms with E-state index in [0.29, 0.717) is 11.4 Å². The minimum atomic E-state index is -0.0930. The number of hydrogen-bond donors (Lipinski definition) is 1. The van der Waals surface area contributed by atoms with Crippen LogP contribution in [0.1, 0.15) is 22.7 Å². The Morgan fingerprint density at radius 2 is 1.25 bits per heavy atom. The maximum Gasteiger partial charge on any atom is 0.144 e. The average molecular weight is 361 g/mol. The SMILES string of the molecule is N#Cc1cc(-c2ccccc2)cnc1NC(c1ccccc1)c1ccccc1. The molecule has 0 unspecified atom stereocenters. The molecule has 4 rings (SSSR count). The van der Waals surface area contributed by atoms with Crippen LogP contribution in [0.4, 0.5) is 5.82 Å². The zero-order valence-electron chi connectivity index (χ0n) is 15.3. The van der Waals surface area contributed by atoms with Crippen LogP contribution in [0.15, 0.2) is 103 Å². The molecule has 1 N–H and O–H groups in total. The largest absolute Gasteiger partial charge is 0.358 e. The zero-order valence-corrected chi connectivity index (χ0v) is 15.3. The van der Waals surface area contributed by atoms with Crippen LogP contribution in [-0.4, -0.2) is 4.98 Å². The summed E-state index contributed by atoms with van der Waals surface area (Å²) < 4.78 is 0. The highest BCUT2D eigenvalue weighted by Crippen LogP contribution is 2.29. The highest BCUT2D eigenvalue weighted by Gasteiger charge is 2.16. The fourth-order valence-electron chi connectivity index (χ4n) is 3.24. The van der Waals surface area contributed by atoms with Gasteiger partial charge in [0.2, 0.25) is 0 Å². The summed E-state index contributed by atoms with van der Waals surface area (Å²) in [5, 5.41) is 13.2. The van der Waals surface area contributed by atoms with Gasteiger partial charge in [-0.25, -0.2) is 4.98 Å². The number of hydrogen-bond acceptors (Lipinski definition) is 3. The van der Waals surface area contributed by atoms with Gasteiger partial charge in [-0.05, 0) is 22.8 Å². The fraction of sp³-hybridized carbons (Fsp3) is 0.0400. The van der Waals surface area contributed by atoms with E-state index in [1.165, 1.54) is 0 Å². The maximum absolute atomic E-state index is 9.71. The van der Waals surface area contributed by atoms with Gasteiger partial charge >= 0.3 is 0 Å². The second kappa shape index (κ2) is 8.20. The van der Waals surface area contributed by atoms with Crippen molar-refractivity contribution in [1.82, 2.24) is 4.98 Å². The highest BCUT2D eigenvalue weighted by molar-refractivity contribution is 5.68. The van der Waals surface area contributed by atoms with Gasteiger partial charge in [0.25, 0.3) is 0 Å². The zero-order chi connectivity index (χ0) is 19.2. The molecule has 28 heavy (non-hydrogen) atoms. The van der Waals surface area contributed by atoms with Gasteiger partial charge in [-0.1, -0.05) is 91.0 Å². The minimum Gasteiger partial charge on any atom is -0.358 e. The van der Waals surface area contributed by atoms with Crippen molar-refractivity contribution in [2.45, 2.75) is 6.04 Å². The molecule has 0 saturated carbocycles. The Morgan fingerprint density at radius 3 is 1.79 bits per heavy atom. The first-order chi connectivity index (χ1) is 13.8. The molecule has 0 bridgehead atoms. The summed E-state index contributed by atoms with van der Waals surface area (Å²) in [4.78, 5) is 4.58. The Balaban J connectivity index is 1.72. The number of nitrogens with zero attached hydrogens (tertiary/aromatic N) is 2. The lowest BCUT2D eigenvalue weighted by Crippen LogP contribution is -2.14. The standard InChI is InChI=1S/C25H19N3/c26-17-22-16-23(19-10-4-1-5-11-19)18-27-25(22)28-24(20-12-6-2-7-13-20)21-14-8-3-9-15-21/h1-16,18,24H,(H,27,28). The molecule has 3 aromatic carbocycles. The van der Waals surface area contributed by atoms with Crippen LogP contribution in [-0.2, 0) is 0 Å². The van der Waals surface area contributed by atoms with E-state index in [9.17, 15) is 5.26 Å². The molecule has 0 saturated heterocycles. The van der Waals surface area contributed by atoms with Crippen molar-refractivity contribution in [1.29, 1.82) is 5.26 Å². The summed E-state index contributed by atoms with van der Waals surface area (Å²) in [6, 6.07) is 34.4. The second-order valence-electron chi connectivity index (χ2n) is 6.50. The third-order valence-corrected chi connectivity index (χ3v) is 4.66. The molecule has 3 heteroatoms. The molecule has 0 spiro atoms. The number of rotatable bonds is 5. The van der Waals surface area contributed by atoms with Gasteiger partial charge in [0, 0.05) is 11.8 Å². The van der Waals surface area contributed by atoms with Crippen LogP contribution in [0.5, 0.6) is 0 Å². The van der Waals surface area contributed by atoms with Crippen molar-refractivity contribution in [3.63, 3.8) is 0 Å². The van der Waals surface area contributed by atoms with Crippen LogP contribution < -0.4 is 5.32 Å². The molecule has 1 aromatic heterocycles. The van der Waals surface area contributed by atoms with Crippen molar-refractivity contribution >= 4 is 5.82 Å². The first kappa shape index (κ1) is 17.5. The lowest BCUT2D eigenvalue weighted by molar-refractivity contribution is 0.925. The number of anilines is 1. The predicted octanol–water partition coefficient (Wildman–Crippen LogP) is 5.82. The van der Waals surface area contributed by atoms with Gasteiger partial charge < -0.3 is 5.32 Å². The average Bonchev–Trinajstić information content (AvgIpc) is 2.79. The molecule has 134 valence electrons. The first-order valence-corrected chi connectivity index (χ1v) is 9.17. The van der Waals surface area contributed by atoms with Gasteiger partial charge in [0.1, 0.15) is 11.9 Å². The molecule has 0 aliphatic heterocycles. The molecule has 3 nitrogen and oxygen atoms in total. The van der Waals surface area contributed by atoms with E-state index in [1.807, 2.05) is 79.0 Å². The highest BCUT2D eigenvalue weighted by atomic mass is 15.0.